The standard InChI is InChI=1S/C29H54O12/c1-3-5-7-8-9-10-11-12-13-15-18(14-6-4-2)27(37)41-29-26(24(35)22(33)20(17-31)39-29)40-28-25(36)23(34)21(32)19(16-30)38-28/h18-26,28-36H,3-17H2,1-2H3/t18?,19-,20-,21-,22-,23+,24+,25-,26-,28+,29+/m1/s1. The van der Waals surface area contributed by atoms with Crippen LogP contribution in [0.25, 0.3) is 0 Å². The van der Waals surface area contributed by atoms with Gasteiger partial charge < -0.3 is 54.7 Å². The second-order valence-electron chi connectivity index (χ2n) is 11.4. The van der Waals surface area contributed by atoms with E-state index >= 15 is 0 Å². The van der Waals surface area contributed by atoms with Crippen LogP contribution in [0.1, 0.15) is 97.3 Å². The quantitative estimate of drug-likeness (QED) is 0.0825. The second-order valence-corrected chi connectivity index (χ2v) is 11.4. The molecule has 0 saturated carbocycles. The number of carbonyl (C=O) groups is 1. The summed E-state index contributed by atoms with van der Waals surface area (Å²) in [5.41, 5.74) is 0. The summed E-state index contributed by atoms with van der Waals surface area (Å²) in [5, 5.41) is 70.9. The Kier molecular flexibility index (Phi) is 17.1. The van der Waals surface area contributed by atoms with Gasteiger partial charge in [-0.15, -0.1) is 0 Å². The van der Waals surface area contributed by atoms with Crippen LogP contribution >= 0.6 is 0 Å². The molecule has 0 bridgehead atoms. The zero-order chi connectivity index (χ0) is 30.4. The third-order valence-electron chi connectivity index (χ3n) is 8.09. The SMILES string of the molecule is CCCCCCCCCCCC(CCCC)C(=O)O[C@@H]1O[C@H](CO)[C@@H](O)[C@H](O)[C@H]1O[C@@H]1O[C@H](CO)[C@@H](O)[C@H](O)[C@H]1O. The van der Waals surface area contributed by atoms with Crippen molar-refractivity contribution in [2.45, 2.75) is 159 Å². The molecule has 12 nitrogen and oxygen atoms in total. The summed E-state index contributed by atoms with van der Waals surface area (Å²) in [6.45, 7) is 2.86. The number of esters is 1. The monoisotopic (exact) mass is 594 g/mol. The highest BCUT2D eigenvalue weighted by Crippen LogP contribution is 2.31. The van der Waals surface area contributed by atoms with E-state index in [-0.39, 0.29) is 0 Å². The lowest BCUT2D eigenvalue weighted by Crippen LogP contribution is -2.65. The second kappa shape index (κ2) is 19.4. The van der Waals surface area contributed by atoms with Crippen LogP contribution < -0.4 is 0 Å². The Morgan fingerprint density at radius 3 is 1.68 bits per heavy atom. The minimum Gasteiger partial charge on any atom is -0.432 e. The van der Waals surface area contributed by atoms with Crippen LogP contribution in [0.3, 0.4) is 0 Å². The van der Waals surface area contributed by atoms with E-state index in [2.05, 4.69) is 6.92 Å². The molecule has 41 heavy (non-hydrogen) atoms. The van der Waals surface area contributed by atoms with Crippen LogP contribution in [0.15, 0.2) is 0 Å². The van der Waals surface area contributed by atoms with Gasteiger partial charge in [-0.2, -0.15) is 0 Å². The maximum Gasteiger partial charge on any atom is 0.311 e. The van der Waals surface area contributed by atoms with E-state index in [0.717, 1.165) is 32.1 Å². The maximum atomic E-state index is 13.3. The Morgan fingerprint density at radius 2 is 1.12 bits per heavy atom. The Morgan fingerprint density at radius 1 is 0.634 bits per heavy atom. The fourth-order valence-electron chi connectivity index (χ4n) is 5.37. The smallest absolute Gasteiger partial charge is 0.311 e. The predicted octanol–water partition coefficient (Wildman–Crippen LogP) is 0.881. The van der Waals surface area contributed by atoms with E-state index in [9.17, 15) is 40.5 Å². The van der Waals surface area contributed by atoms with Crippen molar-refractivity contribution in [1.29, 1.82) is 0 Å². The number of hydrogen-bond acceptors (Lipinski definition) is 12. The number of unbranched alkanes of at least 4 members (excludes halogenated alkanes) is 9. The Balaban J connectivity index is 2.04. The summed E-state index contributed by atoms with van der Waals surface area (Å²) in [6.07, 6.45) is -2.54. The van der Waals surface area contributed by atoms with Gasteiger partial charge in [0.1, 0.15) is 42.7 Å². The lowest BCUT2D eigenvalue weighted by Gasteiger charge is -2.45. The molecule has 0 aromatic rings. The third-order valence-corrected chi connectivity index (χ3v) is 8.09. The van der Waals surface area contributed by atoms with Crippen molar-refractivity contribution in [3.63, 3.8) is 0 Å². The fraction of sp³-hybridized carbons (Fsp3) is 0.966. The molecule has 7 N–H and O–H groups in total. The first kappa shape index (κ1) is 36.3. The number of aliphatic hydroxyl groups is 7. The molecule has 2 fully saturated rings. The molecule has 2 aliphatic heterocycles. The number of ether oxygens (including phenoxy) is 4. The van der Waals surface area contributed by atoms with Crippen LogP contribution in [0.5, 0.6) is 0 Å². The van der Waals surface area contributed by atoms with Crippen LogP contribution in [0, 0.1) is 5.92 Å². The van der Waals surface area contributed by atoms with Gasteiger partial charge in [0.15, 0.2) is 12.4 Å². The van der Waals surface area contributed by atoms with Gasteiger partial charge in [0.2, 0.25) is 6.29 Å². The molecule has 0 aromatic heterocycles. The van der Waals surface area contributed by atoms with E-state index in [4.69, 9.17) is 18.9 Å². The van der Waals surface area contributed by atoms with E-state index in [1.807, 2.05) is 6.92 Å². The van der Waals surface area contributed by atoms with Gasteiger partial charge in [-0.25, -0.2) is 0 Å². The minimum absolute atomic E-state index is 0.424. The van der Waals surface area contributed by atoms with Crippen LogP contribution in [-0.2, 0) is 23.7 Å². The van der Waals surface area contributed by atoms with Gasteiger partial charge >= 0.3 is 5.97 Å². The van der Waals surface area contributed by atoms with Crippen molar-refractivity contribution < 1.29 is 59.5 Å². The highest BCUT2D eigenvalue weighted by molar-refractivity contribution is 5.72. The lowest BCUT2D eigenvalue weighted by atomic mass is 9.94. The highest BCUT2D eigenvalue weighted by atomic mass is 16.8. The van der Waals surface area contributed by atoms with Gasteiger partial charge in [-0.05, 0) is 12.8 Å². The minimum atomic E-state index is -1.78. The Labute approximate surface area is 243 Å². The van der Waals surface area contributed by atoms with E-state index in [1.165, 1.54) is 38.5 Å². The zero-order valence-corrected chi connectivity index (χ0v) is 24.6. The molecule has 12 heteroatoms. The number of rotatable bonds is 19. The molecule has 242 valence electrons. The summed E-state index contributed by atoms with van der Waals surface area (Å²) >= 11 is 0. The molecular formula is C29H54O12. The molecular weight excluding hydrogens is 540 g/mol. The first-order valence-corrected chi connectivity index (χ1v) is 15.5. The Bertz CT molecular complexity index is 709. The van der Waals surface area contributed by atoms with Crippen molar-refractivity contribution >= 4 is 5.97 Å². The molecule has 1 unspecified atom stereocenters. The van der Waals surface area contributed by atoms with Gasteiger partial charge in [-0.1, -0.05) is 84.5 Å². The molecule has 0 amide bonds. The highest BCUT2D eigenvalue weighted by Gasteiger charge is 2.51. The average molecular weight is 595 g/mol. The number of carbonyl (C=O) groups excluding carboxylic acids is 1. The van der Waals surface area contributed by atoms with Gasteiger partial charge in [0, 0.05) is 0 Å². The van der Waals surface area contributed by atoms with Gasteiger partial charge in [-0.3, -0.25) is 4.79 Å². The third kappa shape index (κ3) is 10.9. The van der Waals surface area contributed by atoms with E-state index < -0.39 is 86.5 Å². The van der Waals surface area contributed by atoms with Crippen molar-refractivity contribution in [2.24, 2.45) is 5.92 Å². The Hall–Kier alpha value is -0.930. The summed E-state index contributed by atoms with van der Waals surface area (Å²) in [6, 6.07) is 0. The average Bonchev–Trinajstić information content (AvgIpc) is 2.97. The largest absolute Gasteiger partial charge is 0.432 e. The first-order chi connectivity index (χ1) is 19.7. The molecule has 0 aromatic carbocycles. The zero-order valence-electron chi connectivity index (χ0n) is 24.6. The summed E-state index contributed by atoms with van der Waals surface area (Å²) in [7, 11) is 0. The topological polar surface area (TPSA) is 196 Å². The molecule has 0 aliphatic carbocycles. The van der Waals surface area contributed by atoms with E-state index in [1.54, 1.807) is 0 Å². The molecule has 0 spiro atoms. The predicted molar refractivity (Wildman–Crippen MR) is 147 cm³/mol. The summed E-state index contributed by atoms with van der Waals surface area (Å²) in [4.78, 5) is 13.3. The van der Waals surface area contributed by atoms with Crippen molar-refractivity contribution in [2.75, 3.05) is 13.2 Å². The number of hydrogen-bond donors (Lipinski definition) is 7. The maximum absolute atomic E-state index is 13.3. The van der Waals surface area contributed by atoms with Crippen molar-refractivity contribution in [3.05, 3.63) is 0 Å². The fourth-order valence-corrected chi connectivity index (χ4v) is 5.37. The van der Waals surface area contributed by atoms with E-state index in [0.29, 0.717) is 12.8 Å². The summed E-state index contributed by atoms with van der Waals surface area (Å²) in [5.74, 6) is -0.988. The van der Waals surface area contributed by atoms with Crippen LogP contribution in [-0.4, -0.2) is 116 Å². The van der Waals surface area contributed by atoms with Crippen LogP contribution in [0.2, 0.25) is 0 Å². The molecule has 2 rings (SSSR count). The first-order valence-electron chi connectivity index (χ1n) is 15.5. The lowest BCUT2D eigenvalue weighted by molar-refractivity contribution is -0.362. The molecule has 0 radical (unpaired) electrons. The van der Waals surface area contributed by atoms with Gasteiger partial charge in [0.05, 0.1) is 19.1 Å². The molecule has 2 saturated heterocycles. The normalized spacial score (nSPS) is 34.9. The van der Waals surface area contributed by atoms with Crippen molar-refractivity contribution in [3.8, 4) is 0 Å². The molecule has 2 aliphatic rings. The van der Waals surface area contributed by atoms with Crippen molar-refractivity contribution in [1.82, 2.24) is 0 Å². The summed E-state index contributed by atoms with van der Waals surface area (Å²) < 4.78 is 22.3. The molecule has 2 heterocycles. The van der Waals surface area contributed by atoms with Crippen LogP contribution in [0.4, 0.5) is 0 Å². The molecule has 11 atom stereocenters. The van der Waals surface area contributed by atoms with Gasteiger partial charge in [0.25, 0.3) is 0 Å². The number of aliphatic hydroxyl groups excluding tert-OH is 7.